The standard InChI is InChI=1S/C4H10N2O/c1-5-3-4-7-6-2/h5H,2-4H2,1H3. The van der Waals surface area contributed by atoms with Gasteiger partial charge in [-0.25, -0.2) is 0 Å². The first-order chi connectivity index (χ1) is 3.41. The fraction of sp³-hybridized carbons (Fsp3) is 0.750. The number of nitrogens with zero attached hydrogens (tertiary/aromatic N) is 1. The largest absolute Gasteiger partial charge is 0.395 e. The molecule has 0 aromatic rings. The molecule has 0 fully saturated rings. The van der Waals surface area contributed by atoms with E-state index in [1.165, 1.54) is 0 Å². The van der Waals surface area contributed by atoms with E-state index in [0.717, 1.165) is 6.54 Å². The molecule has 0 rings (SSSR count). The molecule has 0 aliphatic heterocycles. The molecule has 0 radical (unpaired) electrons. The van der Waals surface area contributed by atoms with Gasteiger partial charge < -0.3 is 10.2 Å². The van der Waals surface area contributed by atoms with Crippen LogP contribution in [-0.2, 0) is 4.84 Å². The Morgan fingerprint density at radius 2 is 2.57 bits per heavy atom. The molecule has 0 saturated heterocycles. The maximum Gasteiger partial charge on any atom is 0.129 e. The summed E-state index contributed by atoms with van der Waals surface area (Å²) in [5.41, 5.74) is 0. The molecule has 0 heterocycles. The van der Waals surface area contributed by atoms with Gasteiger partial charge in [0.1, 0.15) is 6.61 Å². The normalized spacial score (nSPS) is 8.14. The van der Waals surface area contributed by atoms with Gasteiger partial charge in [-0.3, -0.25) is 0 Å². The van der Waals surface area contributed by atoms with E-state index in [9.17, 15) is 0 Å². The Bertz CT molecular complexity index is 47.0. The molecule has 0 amide bonds. The third kappa shape index (κ3) is 5.43. The number of nitrogens with one attached hydrogen (secondary N) is 1. The van der Waals surface area contributed by atoms with Gasteiger partial charge >= 0.3 is 0 Å². The van der Waals surface area contributed by atoms with Crippen LogP contribution in [-0.4, -0.2) is 26.9 Å². The number of rotatable bonds is 4. The van der Waals surface area contributed by atoms with Crippen LogP contribution in [0.25, 0.3) is 0 Å². The fourth-order valence-corrected chi connectivity index (χ4v) is 0.212. The van der Waals surface area contributed by atoms with Gasteiger partial charge in [-0.15, -0.1) is 5.16 Å². The third-order valence-corrected chi connectivity index (χ3v) is 0.535. The Balaban J connectivity index is 2.56. The summed E-state index contributed by atoms with van der Waals surface area (Å²) < 4.78 is 0. The maximum absolute atomic E-state index is 4.53. The minimum atomic E-state index is 0.597. The van der Waals surface area contributed by atoms with E-state index in [1.54, 1.807) is 0 Å². The van der Waals surface area contributed by atoms with Gasteiger partial charge in [-0.2, -0.15) is 0 Å². The van der Waals surface area contributed by atoms with E-state index in [0.29, 0.717) is 6.61 Å². The number of hydrogen-bond donors (Lipinski definition) is 1. The van der Waals surface area contributed by atoms with Gasteiger partial charge in [0.2, 0.25) is 0 Å². The molecule has 3 heteroatoms. The highest BCUT2D eigenvalue weighted by Crippen LogP contribution is 1.66. The van der Waals surface area contributed by atoms with Crippen LogP contribution in [0.3, 0.4) is 0 Å². The van der Waals surface area contributed by atoms with Crippen molar-refractivity contribution in [1.82, 2.24) is 5.32 Å². The molecule has 42 valence electrons. The van der Waals surface area contributed by atoms with Crippen molar-refractivity contribution in [3.8, 4) is 0 Å². The summed E-state index contributed by atoms with van der Waals surface area (Å²) >= 11 is 0. The van der Waals surface area contributed by atoms with Crippen LogP contribution in [0.5, 0.6) is 0 Å². The number of likely N-dealkylation sites (N-methyl/N-ethyl adjacent to an activating group) is 1. The van der Waals surface area contributed by atoms with Crippen LogP contribution < -0.4 is 5.32 Å². The predicted octanol–water partition coefficient (Wildman–Crippen LogP) is -0.162. The van der Waals surface area contributed by atoms with Crippen molar-refractivity contribution < 1.29 is 4.84 Å². The van der Waals surface area contributed by atoms with E-state index in [2.05, 4.69) is 22.0 Å². The van der Waals surface area contributed by atoms with Gasteiger partial charge in [0.05, 0.1) is 0 Å². The van der Waals surface area contributed by atoms with Crippen molar-refractivity contribution in [3.63, 3.8) is 0 Å². The third-order valence-electron chi connectivity index (χ3n) is 0.535. The molecule has 7 heavy (non-hydrogen) atoms. The highest BCUT2D eigenvalue weighted by molar-refractivity contribution is 5.21. The van der Waals surface area contributed by atoms with Crippen molar-refractivity contribution in [2.45, 2.75) is 0 Å². The van der Waals surface area contributed by atoms with Crippen molar-refractivity contribution in [2.24, 2.45) is 5.16 Å². The molecule has 0 saturated carbocycles. The van der Waals surface area contributed by atoms with Crippen LogP contribution in [0.2, 0.25) is 0 Å². The van der Waals surface area contributed by atoms with Crippen LogP contribution in [0.15, 0.2) is 5.16 Å². The van der Waals surface area contributed by atoms with E-state index in [1.807, 2.05) is 7.05 Å². The van der Waals surface area contributed by atoms with Gasteiger partial charge in [0, 0.05) is 13.3 Å². The van der Waals surface area contributed by atoms with Crippen LogP contribution in [0.4, 0.5) is 0 Å². The van der Waals surface area contributed by atoms with E-state index < -0.39 is 0 Å². The first-order valence-electron chi connectivity index (χ1n) is 2.14. The summed E-state index contributed by atoms with van der Waals surface area (Å²) in [7, 11) is 1.85. The quantitative estimate of drug-likeness (QED) is 0.304. The van der Waals surface area contributed by atoms with Crippen LogP contribution in [0, 0.1) is 0 Å². The highest BCUT2D eigenvalue weighted by Gasteiger charge is 1.75. The second kappa shape index (κ2) is 5.43. The topological polar surface area (TPSA) is 33.6 Å². The molecule has 0 spiro atoms. The maximum atomic E-state index is 4.53. The zero-order valence-corrected chi connectivity index (χ0v) is 4.48. The molecule has 0 aliphatic rings. The lowest BCUT2D eigenvalue weighted by Gasteiger charge is -1.93. The number of oxime groups is 1. The summed E-state index contributed by atoms with van der Waals surface area (Å²) in [5.74, 6) is 0. The zero-order chi connectivity index (χ0) is 5.54. The molecule has 0 aliphatic carbocycles. The molecule has 0 bridgehead atoms. The first-order valence-corrected chi connectivity index (χ1v) is 2.14. The van der Waals surface area contributed by atoms with Crippen molar-refractivity contribution in [1.29, 1.82) is 0 Å². The summed E-state index contributed by atoms with van der Waals surface area (Å²) in [5, 5.41) is 6.07. The SMILES string of the molecule is C=NOCCNC. The second-order valence-electron chi connectivity index (χ2n) is 1.07. The Morgan fingerprint density at radius 3 is 3.00 bits per heavy atom. The average molecular weight is 102 g/mol. The molecule has 0 unspecified atom stereocenters. The lowest BCUT2D eigenvalue weighted by Crippen LogP contribution is -2.12. The Morgan fingerprint density at radius 1 is 1.86 bits per heavy atom. The molecular weight excluding hydrogens is 92.1 g/mol. The van der Waals surface area contributed by atoms with E-state index >= 15 is 0 Å². The second-order valence-corrected chi connectivity index (χ2v) is 1.07. The summed E-state index contributed by atoms with van der Waals surface area (Å²) in [4.78, 5) is 4.53. The molecule has 1 N–H and O–H groups in total. The first kappa shape index (κ1) is 6.43. The summed E-state index contributed by atoms with van der Waals surface area (Å²) in [6.45, 7) is 4.55. The Labute approximate surface area is 43.3 Å². The van der Waals surface area contributed by atoms with E-state index in [-0.39, 0.29) is 0 Å². The van der Waals surface area contributed by atoms with E-state index in [4.69, 9.17) is 0 Å². The molecule has 3 nitrogen and oxygen atoms in total. The minimum absolute atomic E-state index is 0.597. The monoisotopic (exact) mass is 102 g/mol. The summed E-state index contributed by atoms with van der Waals surface area (Å²) in [6.07, 6.45) is 0. The van der Waals surface area contributed by atoms with Crippen LogP contribution >= 0.6 is 0 Å². The Hall–Kier alpha value is -0.570. The van der Waals surface area contributed by atoms with Gasteiger partial charge in [-0.1, -0.05) is 0 Å². The fourth-order valence-electron chi connectivity index (χ4n) is 0.212. The summed E-state index contributed by atoms with van der Waals surface area (Å²) in [6, 6.07) is 0. The lowest BCUT2D eigenvalue weighted by molar-refractivity contribution is 0.150. The molecule has 0 aromatic carbocycles. The zero-order valence-electron chi connectivity index (χ0n) is 4.48. The number of hydrogen-bond acceptors (Lipinski definition) is 3. The van der Waals surface area contributed by atoms with Gasteiger partial charge in [-0.05, 0) is 7.05 Å². The van der Waals surface area contributed by atoms with Gasteiger partial charge in [0.25, 0.3) is 0 Å². The van der Waals surface area contributed by atoms with Gasteiger partial charge in [0.15, 0.2) is 0 Å². The smallest absolute Gasteiger partial charge is 0.129 e. The molecule has 0 atom stereocenters. The predicted molar refractivity (Wildman–Crippen MR) is 29.4 cm³/mol. The Kier molecular flexibility index (Phi) is 4.99. The van der Waals surface area contributed by atoms with Crippen LogP contribution in [0.1, 0.15) is 0 Å². The van der Waals surface area contributed by atoms with Crippen molar-refractivity contribution in [3.05, 3.63) is 0 Å². The minimum Gasteiger partial charge on any atom is -0.395 e. The highest BCUT2D eigenvalue weighted by atomic mass is 16.6. The lowest BCUT2D eigenvalue weighted by atomic mass is 10.7. The molecule has 0 aromatic heterocycles. The van der Waals surface area contributed by atoms with Crippen molar-refractivity contribution >= 4 is 6.72 Å². The van der Waals surface area contributed by atoms with Crippen molar-refractivity contribution in [2.75, 3.05) is 20.2 Å². The average Bonchev–Trinajstić information content (AvgIpc) is 1.69. The molecular formula is C4H10N2O.